The number of hydrogen-bond donors (Lipinski definition) is 0. The van der Waals surface area contributed by atoms with Crippen LogP contribution in [0.15, 0.2) is 301 Å². The molecule has 1 fully saturated rings. The quantitative estimate of drug-likeness (QED) is 0.0414. The van der Waals surface area contributed by atoms with E-state index in [-0.39, 0.29) is 5.41 Å². The first kappa shape index (κ1) is 63.5. The van der Waals surface area contributed by atoms with Crippen LogP contribution < -0.4 is 19.3 Å². The topological polar surface area (TPSA) is 43.4 Å². The Bertz CT molecular complexity index is 4670. The van der Waals surface area contributed by atoms with Gasteiger partial charge in [0.1, 0.15) is 11.5 Å². The molecule has 1 saturated heterocycles. The zero-order valence-corrected chi connectivity index (χ0v) is 57.3. The number of anilines is 6. The van der Waals surface area contributed by atoms with E-state index >= 15 is 0 Å². The Hall–Kier alpha value is -9.54. The predicted molar refractivity (Wildman–Crippen MR) is 404 cm³/mol. The Labute approximate surface area is 580 Å². The minimum atomic E-state index is -0.623. The summed E-state index contributed by atoms with van der Waals surface area (Å²) >= 11 is 3.85. The second kappa shape index (κ2) is 27.9. The molecule has 482 valence electrons. The van der Waals surface area contributed by atoms with E-state index in [0.29, 0.717) is 0 Å². The summed E-state index contributed by atoms with van der Waals surface area (Å²) in [5.41, 5.74) is 22.5. The molecule has 8 heteroatoms. The molecule has 1 aliphatic heterocycles. The fraction of sp³-hybridized carbons (Fsp3) is 0.191. The van der Waals surface area contributed by atoms with Gasteiger partial charge in [0, 0.05) is 74.0 Å². The van der Waals surface area contributed by atoms with Gasteiger partial charge in [0.2, 0.25) is 0 Å². The summed E-state index contributed by atoms with van der Waals surface area (Å²) in [5.74, 6) is 3.72. The Morgan fingerprint density at radius 3 is 1.16 bits per heavy atom. The zero-order valence-electron chi connectivity index (χ0n) is 55.6. The van der Waals surface area contributed by atoms with E-state index in [9.17, 15) is 0 Å². The molecule has 12 aromatic carbocycles. The molecule has 0 spiro atoms. The van der Waals surface area contributed by atoms with E-state index in [4.69, 9.17) is 18.9 Å². The molecule has 0 N–H and O–H groups in total. The van der Waals surface area contributed by atoms with E-state index in [1.54, 1.807) is 14.2 Å². The van der Waals surface area contributed by atoms with Gasteiger partial charge in [0.25, 0.3) is 0 Å². The lowest BCUT2D eigenvalue weighted by atomic mass is 9.67. The number of para-hydroxylation sites is 2. The molecular formula is C89H80N2O4S2. The Morgan fingerprint density at radius 1 is 0.371 bits per heavy atom. The van der Waals surface area contributed by atoms with Gasteiger partial charge in [-0.1, -0.05) is 190 Å². The number of unbranched alkanes of at least 4 members (excludes halogenated alkanes) is 1. The van der Waals surface area contributed by atoms with E-state index in [2.05, 4.69) is 315 Å². The average Bonchev–Trinajstić information content (AvgIpc) is 1.56. The molecule has 97 heavy (non-hydrogen) atoms. The van der Waals surface area contributed by atoms with Crippen molar-refractivity contribution < 1.29 is 18.9 Å². The number of ether oxygens (including phenoxy) is 4. The maximum Gasteiger partial charge on any atom is 0.118 e. The summed E-state index contributed by atoms with van der Waals surface area (Å²) in [5, 5.41) is 0. The number of nitrogens with zero attached hydrogens (tertiary/aromatic N) is 2. The van der Waals surface area contributed by atoms with Crippen molar-refractivity contribution in [2.75, 3.05) is 62.0 Å². The standard InChI is InChI=1S/C89H80N2O4S2/c1-5-7-55-94-56-18-57-96-77-49-35-67(36-50-77)88(65-31-45-75(92-3)46-32-65)83-25-16-14-23-79(83)81-53-43-73(58-85(81)88)90(69-19-10-8-11-20-69)71-39-27-63(28-40-71)64-29-41-72(42-30-64)91(70-21-12-9-13-22-70)74-44-54-82-80-24-15-17-26-84(80)89(86(82)59-74,66-33-47-76(93-4)48-34-66)68-37-51-78(52-38-68)97-62-87(6-2)60-95-61-87/h8-17,19-54,58-59H,5-7,18,55-57,60-62H2,1-4H3. The van der Waals surface area contributed by atoms with Crippen molar-refractivity contribution in [3.63, 3.8) is 0 Å². The zero-order chi connectivity index (χ0) is 65.8. The molecule has 1 heterocycles. The fourth-order valence-electron chi connectivity index (χ4n) is 15.0. The maximum absolute atomic E-state index is 5.91. The normalized spacial score (nSPS) is 16.1. The largest absolute Gasteiger partial charge is 0.497 e. The van der Waals surface area contributed by atoms with Gasteiger partial charge < -0.3 is 28.7 Å². The molecule has 2 unspecified atom stereocenters. The Balaban J connectivity index is 0.774. The lowest BCUT2D eigenvalue weighted by Gasteiger charge is -2.40. The molecule has 12 aromatic rings. The molecule has 0 radical (unpaired) electrons. The highest BCUT2D eigenvalue weighted by Gasteiger charge is 2.48. The highest BCUT2D eigenvalue weighted by molar-refractivity contribution is 7.99. The number of hydrogen-bond acceptors (Lipinski definition) is 8. The fourth-order valence-corrected chi connectivity index (χ4v) is 17.0. The van der Waals surface area contributed by atoms with Gasteiger partial charge in [-0.05, 0) is 218 Å². The Kier molecular flexibility index (Phi) is 18.3. The van der Waals surface area contributed by atoms with Gasteiger partial charge in [-0.15, -0.1) is 23.5 Å². The maximum atomic E-state index is 5.91. The van der Waals surface area contributed by atoms with Gasteiger partial charge in [0.05, 0.1) is 38.3 Å². The highest BCUT2D eigenvalue weighted by Crippen LogP contribution is 2.60. The second-order valence-electron chi connectivity index (χ2n) is 25.8. The highest BCUT2D eigenvalue weighted by atomic mass is 32.2. The third-order valence-electron chi connectivity index (χ3n) is 20.3. The van der Waals surface area contributed by atoms with Crippen LogP contribution in [0.2, 0.25) is 0 Å². The van der Waals surface area contributed by atoms with Crippen LogP contribution in [0, 0.1) is 5.41 Å². The number of benzene rings is 12. The van der Waals surface area contributed by atoms with Gasteiger partial charge in [-0.2, -0.15) is 0 Å². The summed E-state index contributed by atoms with van der Waals surface area (Å²) < 4.78 is 23.2. The predicted octanol–water partition coefficient (Wildman–Crippen LogP) is 22.9. The number of rotatable bonds is 25. The third kappa shape index (κ3) is 11.8. The SMILES string of the molecule is CCCCOCCCSc1ccc(C2(c3ccc(OC)cc3)c3ccccc3-c3ccc(N(c4ccccc4)c4ccc(-c5ccc(N(c6ccccc6)c6ccc7c(c6)C(c6ccc(OC)cc6)(c6ccc(SCC8(CC)COC8)cc6)c6ccccc6-7)cc5)cc4)cc32)cc1. The monoisotopic (exact) mass is 1300 g/mol. The van der Waals surface area contributed by atoms with E-state index in [1.165, 1.54) is 76.6 Å². The van der Waals surface area contributed by atoms with Crippen LogP contribution in [0.3, 0.4) is 0 Å². The minimum Gasteiger partial charge on any atom is -0.497 e. The van der Waals surface area contributed by atoms with Gasteiger partial charge in [-0.25, -0.2) is 0 Å². The van der Waals surface area contributed by atoms with Crippen molar-refractivity contribution >= 4 is 57.6 Å². The number of thioether (sulfide) groups is 2. The van der Waals surface area contributed by atoms with Gasteiger partial charge >= 0.3 is 0 Å². The molecule has 0 bridgehead atoms. The third-order valence-corrected chi connectivity index (χ3v) is 22.7. The van der Waals surface area contributed by atoms with Crippen LogP contribution in [0.25, 0.3) is 33.4 Å². The number of methoxy groups -OCH3 is 2. The van der Waals surface area contributed by atoms with Gasteiger partial charge in [0.15, 0.2) is 0 Å². The smallest absolute Gasteiger partial charge is 0.118 e. The first-order chi connectivity index (χ1) is 47.8. The molecule has 3 aliphatic rings. The van der Waals surface area contributed by atoms with Gasteiger partial charge in [-0.3, -0.25) is 0 Å². The van der Waals surface area contributed by atoms with Crippen molar-refractivity contribution in [3.05, 3.63) is 336 Å². The van der Waals surface area contributed by atoms with Crippen molar-refractivity contribution in [2.24, 2.45) is 5.41 Å². The second-order valence-corrected chi connectivity index (χ2v) is 28.0. The first-order valence-corrected chi connectivity index (χ1v) is 36.1. The minimum absolute atomic E-state index is 0.254. The van der Waals surface area contributed by atoms with Crippen LogP contribution in [0.5, 0.6) is 11.5 Å². The van der Waals surface area contributed by atoms with Crippen LogP contribution in [-0.4, -0.2) is 52.2 Å². The summed E-state index contributed by atoms with van der Waals surface area (Å²) in [6.45, 7) is 7.82. The lowest BCUT2D eigenvalue weighted by Crippen LogP contribution is -2.44. The molecule has 15 rings (SSSR count). The average molecular weight is 1310 g/mol. The first-order valence-electron chi connectivity index (χ1n) is 34.2. The molecular weight excluding hydrogens is 1230 g/mol. The molecule has 2 aliphatic carbocycles. The molecule has 0 saturated carbocycles. The molecule has 6 nitrogen and oxygen atoms in total. The van der Waals surface area contributed by atoms with Crippen LogP contribution >= 0.6 is 23.5 Å². The van der Waals surface area contributed by atoms with Crippen molar-refractivity contribution in [2.45, 2.75) is 60.2 Å². The van der Waals surface area contributed by atoms with Crippen molar-refractivity contribution in [3.8, 4) is 44.9 Å². The van der Waals surface area contributed by atoms with E-state index < -0.39 is 10.8 Å². The molecule has 0 amide bonds. The summed E-state index contributed by atoms with van der Waals surface area (Å²) in [6, 6.07) is 108. The van der Waals surface area contributed by atoms with Crippen LogP contribution in [0.4, 0.5) is 34.1 Å². The van der Waals surface area contributed by atoms with Crippen LogP contribution in [-0.2, 0) is 20.3 Å². The summed E-state index contributed by atoms with van der Waals surface area (Å²) in [7, 11) is 3.48. The molecule has 0 aromatic heterocycles. The summed E-state index contributed by atoms with van der Waals surface area (Å²) in [4.78, 5) is 7.34. The van der Waals surface area contributed by atoms with E-state index in [0.717, 1.165) is 120 Å². The summed E-state index contributed by atoms with van der Waals surface area (Å²) in [6.07, 6.45) is 4.41. The van der Waals surface area contributed by atoms with Crippen molar-refractivity contribution in [1.82, 2.24) is 0 Å². The van der Waals surface area contributed by atoms with Crippen molar-refractivity contribution in [1.29, 1.82) is 0 Å². The number of fused-ring (bicyclic) bond motifs is 6. The van der Waals surface area contributed by atoms with E-state index in [1.807, 2.05) is 23.5 Å². The Morgan fingerprint density at radius 2 is 0.753 bits per heavy atom. The van der Waals surface area contributed by atoms with Crippen LogP contribution in [0.1, 0.15) is 84.0 Å². The lowest BCUT2D eigenvalue weighted by molar-refractivity contribution is -0.0994. The molecule has 2 atom stereocenters.